The fourth-order valence-electron chi connectivity index (χ4n) is 2.08. The highest BCUT2D eigenvalue weighted by Gasteiger charge is 2.00. The monoisotopic (exact) mass is 271 g/mol. The van der Waals surface area contributed by atoms with Gasteiger partial charge in [-0.2, -0.15) is 0 Å². The van der Waals surface area contributed by atoms with Gasteiger partial charge in [-0.15, -0.1) is 11.8 Å². The summed E-state index contributed by atoms with van der Waals surface area (Å²) in [6, 6.07) is 15.1. The number of thioether (sulfide) groups is 1. The maximum absolute atomic E-state index is 3.49. The Bertz CT molecular complexity index is 549. The van der Waals surface area contributed by atoms with Crippen LogP contribution in [0, 0.1) is 20.8 Å². The number of para-hydroxylation sites is 1. The molecule has 0 spiro atoms. The summed E-state index contributed by atoms with van der Waals surface area (Å²) in [6.07, 6.45) is 0. The molecule has 0 amide bonds. The summed E-state index contributed by atoms with van der Waals surface area (Å²) in [6.45, 7) is 7.45. The smallest absolute Gasteiger partial charge is 0.0370 e. The Morgan fingerprint density at radius 1 is 0.947 bits per heavy atom. The van der Waals surface area contributed by atoms with E-state index in [-0.39, 0.29) is 0 Å². The van der Waals surface area contributed by atoms with Crippen LogP contribution in [-0.2, 0) is 0 Å². The quantitative estimate of drug-likeness (QED) is 0.618. The Morgan fingerprint density at radius 2 is 1.74 bits per heavy atom. The molecule has 0 unspecified atom stereocenters. The van der Waals surface area contributed by atoms with Gasteiger partial charge in [0.05, 0.1) is 0 Å². The van der Waals surface area contributed by atoms with Crippen molar-refractivity contribution in [1.29, 1.82) is 0 Å². The predicted octanol–water partition coefficient (Wildman–Crippen LogP) is 4.82. The van der Waals surface area contributed by atoms with Crippen molar-refractivity contribution < 1.29 is 0 Å². The zero-order valence-corrected chi connectivity index (χ0v) is 12.7. The second-order valence-corrected chi connectivity index (χ2v) is 6.00. The minimum absolute atomic E-state index is 0.989. The van der Waals surface area contributed by atoms with Gasteiger partial charge in [0.2, 0.25) is 0 Å². The fraction of sp³-hybridized carbons (Fsp3) is 0.294. The molecule has 1 nitrogen and oxygen atoms in total. The van der Waals surface area contributed by atoms with Crippen molar-refractivity contribution in [3.63, 3.8) is 0 Å². The SMILES string of the molecule is Cc1ccc(SCCNc2ccccc2C)c(C)c1. The lowest BCUT2D eigenvalue weighted by Crippen LogP contribution is -2.05. The molecule has 0 heterocycles. The number of hydrogen-bond acceptors (Lipinski definition) is 2. The number of rotatable bonds is 5. The summed E-state index contributed by atoms with van der Waals surface area (Å²) in [5.74, 6) is 1.08. The summed E-state index contributed by atoms with van der Waals surface area (Å²) in [4.78, 5) is 1.39. The van der Waals surface area contributed by atoms with E-state index in [2.05, 4.69) is 68.6 Å². The average Bonchev–Trinajstić information content (AvgIpc) is 2.38. The lowest BCUT2D eigenvalue weighted by atomic mass is 10.2. The van der Waals surface area contributed by atoms with Crippen molar-refractivity contribution >= 4 is 17.4 Å². The molecule has 1 N–H and O–H groups in total. The Labute approximate surface area is 120 Å². The number of benzene rings is 2. The molecule has 19 heavy (non-hydrogen) atoms. The van der Waals surface area contributed by atoms with E-state index in [1.54, 1.807) is 0 Å². The third kappa shape index (κ3) is 4.03. The Morgan fingerprint density at radius 3 is 2.47 bits per heavy atom. The van der Waals surface area contributed by atoms with Gasteiger partial charge in [0.1, 0.15) is 0 Å². The van der Waals surface area contributed by atoms with E-state index in [9.17, 15) is 0 Å². The molecule has 0 fully saturated rings. The zero-order valence-electron chi connectivity index (χ0n) is 11.9. The van der Waals surface area contributed by atoms with Gasteiger partial charge < -0.3 is 5.32 Å². The second kappa shape index (κ2) is 6.67. The Kier molecular flexibility index (Phi) is 4.92. The van der Waals surface area contributed by atoms with Crippen LogP contribution in [0.1, 0.15) is 16.7 Å². The molecule has 0 bridgehead atoms. The normalized spacial score (nSPS) is 10.5. The third-order valence-electron chi connectivity index (χ3n) is 3.15. The molecule has 2 heteroatoms. The first-order valence-electron chi connectivity index (χ1n) is 6.66. The van der Waals surface area contributed by atoms with E-state index in [4.69, 9.17) is 0 Å². The molecule has 0 saturated heterocycles. The molecule has 2 rings (SSSR count). The molecule has 0 saturated carbocycles. The topological polar surface area (TPSA) is 12.0 Å². The van der Waals surface area contributed by atoms with Crippen LogP contribution >= 0.6 is 11.8 Å². The number of hydrogen-bond donors (Lipinski definition) is 1. The Hall–Kier alpha value is -1.41. The zero-order chi connectivity index (χ0) is 13.7. The first-order valence-corrected chi connectivity index (χ1v) is 7.65. The maximum Gasteiger partial charge on any atom is 0.0370 e. The molecule has 0 atom stereocenters. The van der Waals surface area contributed by atoms with E-state index >= 15 is 0 Å². The third-order valence-corrected chi connectivity index (χ3v) is 4.33. The summed E-state index contributed by atoms with van der Waals surface area (Å²) >= 11 is 1.92. The molecule has 0 aliphatic heterocycles. The molecule has 100 valence electrons. The van der Waals surface area contributed by atoms with Gasteiger partial charge in [0.15, 0.2) is 0 Å². The first kappa shape index (κ1) is 14.0. The van der Waals surface area contributed by atoms with E-state index in [1.807, 2.05) is 11.8 Å². The molecule has 0 aliphatic rings. The molecule has 2 aromatic carbocycles. The van der Waals surface area contributed by atoms with Gasteiger partial charge in [-0.05, 0) is 44.0 Å². The minimum atomic E-state index is 0.989. The van der Waals surface area contributed by atoms with Gasteiger partial charge in [-0.25, -0.2) is 0 Å². The van der Waals surface area contributed by atoms with Crippen LogP contribution in [-0.4, -0.2) is 12.3 Å². The molecule has 0 radical (unpaired) electrons. The van der Waals surface area contributed by atoms with Gasteiger partial charge in [-0.1, -0.05) is 35.9 Å². The highest BCUT2D eigenvalue weighted by atomic mass is 32.2. The molecular formula is C17H21NS. The number of nitrogens with one attached hydrogen (secondary N) is 1. The van der Waals surface area contributed by atoms with Crippen molar-refractivity contribution in [3.8, 4) is 0 Å². The van der Waals surface area contributed by atoms with Crippen LogP contribution in [0.2, 0.25) is 0 Å². The van der Waals surface area contributed by atoms with Crippen molar-refractivity contribution in [1.82, 2.24) is 0 Å². The number of anilines is 1. The van der Waals surface area contributed by atoms with E-state index < -0.39 is 0 Å². The van der Waals surface area contributed by atoms with Crippen LogP contribution in [0.3, 0.4) is 0 Å². The van der Waals surface area contributed by atoms with E-state index in [0.29, 0.717) is 0 Å². The summed E-state index contributed by atoms with van der Waals surface area (Å²) in [5, 5.41) is 3.49. The van der Waals surface area contributed by atoms with E-state index in [1.165, 1.54) is 27.3 Å². The summed E-state index contributed by atoms with van der Waals surface area (Å²) < 4.78 is 0. The molecule has 2 aromatic rings. The van der Waals surface area contributed by atoms with E-state index in [0.717, 1.165) is 12.3 Å². The van der Waals surface area contributed by atoms with Crippen LogP contribution in [0.5, 0.6) is 0 Å². The highest BCUT2D eigenvalue weighted by molar-refractivity contribution is 7.99. The second-order valence-electron chi connectivity index (χ2n) is 4.86. The highest BCUT2D eigenvalue weighted by Crippen LogP contribution is 2.23. The summed E-state index contributed by atoms with van der Waals surface area (Å²) in [5.41, 5.74) is 5.25. The maximum atomic E-state index is 3.49. The first-order chi connectivity index (χ1) is 9.16. The van der Waals surface area contributed by atoms with Gasteiger partial charge in [0.25, 0.3) is 0 Å². The largest absolute Gasteiger partial charge is 0.384 e. The van der Waals surface area contributed by atoms with Gasteiger partial charge >= 0.3 is 0 Å². The lowest BCUT2D eigenvalue weighted by Gasteiger charge is -2.10. The van der Waals surface area contributed by atoms with Crippen molar-refractivity contribution in [2.75, 3.05) is 17.6 Å². The van der Waals surface area contributed by atoms with Crippen molar-refractivity contribution in [2.24, 2.45) is 0 Å². The van der Waals surface area contributed by atoms with Crippen LogP contribution < -0.4 is 5.32 Å². The number of aryl methyl sites for hydroxylation is 3. The van der Waals surface area contributed by atoms with Crippen LogP contribution in [0.4, 0.5) is 5.69 Å². The minimum Gasteiger partial charge on any atom is -0.384 e. The Balaban J connectivity index is 1.83. The van der Waals surface area contributed by atoms with Crippen molar-refractivity contribution in [3.05, 3.63) is 59.2 Å². The summed E-state index contributed by atoms with van der Waals surface area (Å²) in [7, 11) is 0. The van der Waals surface area contributed by atoms with Crippen LogP contribution in [0.25, 0.3) is 0 Å². The van der Waals surface area contributed by atoms with Crippen molar-refractivity contribution in [2.45, 2.75) is 25.7 Å². The van der Waals surface area contributed by atoms with Gasteiger partial charge in [0, 0.05) is 22.9 Å². The van der Waals surface area contributed by atoms with Crippen LogP contribution in [0.15, 0.2) is 47.4 Å². The molecule has 0 aromatic heterocycles. The standard InChI is InChI=1S/C17H21NS/c1-13-8-9-17(15(3)12-13)19-11-10-18-16-7-5-4-6-14(16)2/h4-9,12,18H,10-11H2,1-3H3. The average molecular weight is 271 g/mol. The molecular weight excluding hydrogens is 250 g/mol. The predicted molar refractivity (Wildman–Crippen MR) is 86.3 cm³/mol. The molecule has 0 aliphatic carbocycles. The van der Waals surface area contributed by atoms with Gasteiger partial charge in [-0.3, -0.25) is 0 Å². The fourth-order valence-corrected chi connectivity index (χ4v) is 2.95. The lowest BCUT2D eigenvalue weighted by molar-refractivity contribution is 1.20.